The van der Waals surface area contributed by atoms with Crippen LogP contribution in [0.3, 0.4) is 0 Å². The van der Waals surface area contributed by atoms with Crippen molar-refractivity contribution in [2.24, 2.45) is 0 Å². The van der Waals surface area contributed by atoms with Crippen LogP contribution in [0.25, 0.3) is 11.1 Å². The lowest BCUT2D eigenvalue weighted by molar-refractivity contribution is -0.137. The number of hydrogen-bond donors (Lipinski definition) is 1. The van der Waals surface area contributed by atoms with Gasteiger partial charge in [0.05, 0.1) is 18.2 Å². The van der Waals surface area contributed by atoms with Gasteiger partial charge in [-0.05, 0) is 31.2 Å². The van der Waals surface area contributed by atoms with Crippen molar-refractivity contribution in [1.29, 1.82) is 0 Å². The van der Waals surface area contributed by atoms with Gasteiger partial charge in [0.2, 0.25) is 0 Å². The van der Waals surface area contributed by atoms with Gasteiger partial charge in [-0.3, -0.25) is 4.98 Å². The number of ether oxygens (including phenoxy) is 1. The number of aromatic carboxylic acids is 1. The van der Waals surface area contributed by atoms with Crippen LogP contribution in [0.2, 0.25) is 0 Å². The summed E-state index contributed by atoms with van der Waals surface area (Å²) < 4.78 is 43.7. The van der Waals surface area contributed by atoms with Crippen LogP contribution in [0, 0.1) is 6.92 Å². The topological polar surface area (TPSA) is 59.4 Å². The molecule has 0 saturated carbocycles. The molecule has 7 heteroatoms. The molecule has 0 amide bonds. The van der Waals surface area contributed by atoms with E-state index in [2.05, 4.69) is 4.98 Å². The van der Waals surface area contributed by atoms with Gasteiger partial charge < -0.3 is 9.84 Å². The second-order valence-corrected chi connectivity index (χ2v) is 4.59. The Bertz CT molecular complexity index is 726. The molecule has 0 unspecified atom stereocenters. The van der Waals surface area contributed by atoms with Crippen LogP contribution in [0.1, 0.15) is 21.6 Å². The van der Waals surface area contributed by atoms with Crippen molar-refractivity contribution < 1.29 is 27.8 Å². The third-order valence-corrected chi connectivity index (χ3v) is 3.09. The van der Waals surface area contributed by atoms with E-state index in [-0.39, 0.29) is 22.4 Å². The molecule has 0 atom stereocenters. The Kier molecular flexibility index (Phi) is 4.07. The first kappa shape index (κ1) is 15.8. The Morgan fingerprint density at radius 2 is 1.91 bits per heavy atom. The highest BCUT2D eigenvalue weighted by Gasteiger charge is 2.31. The van der Waals surface area contributed by atoms with Crippen LogP contribution < -0.4 is 4.74 Å². The van der Waals surface area contributed by atoms with Gasteiger partial charge >= 0.3 is 12.1 Å². The molecule has 1 N–H and O–H groups in total. The second-order valence-electron chi connectivity index (χ2n) is 4.59. The van der Waals surface area contributed by atoms with Gasteiger partial charge in [0, 0.05) is 23.0 Å². The summed E-state index contributed by atoms with van der Waals surface area (Å²) >= 11 is 0. The molecule has 0 spiro atoms. The average molecular weight is 311 g/mol. The van der Waals surface area contributed by atoms with Crippen LogP contribution in [-0.2, 0) is 6.18 Å². The summed E-state index contributed by atoms with van der Waals surface area (Å²) in [5.74, 6) is -1.12. The van der Waals surface area contributed by atoms with Crippen LogP contribution in [-0.4, -0.2) is 23.2 Å². The third kappa shape index (κ3) is 3.03. The summed E-state index contributed by atoms with van der Waals surface area (Å²) in [7, 11) is 1.31. The number of aryl methyl sites for hydroxylation is 1. The largest absolute Gasteiger partial charge is 0.496 e. The molecule has 2 rings (SSSR count). The van der Waals surface area contributed by atoms with E-state index in [0.29, 0.717) is 5.69 Å². The van der Waals surface area contributed by atoms with E-state index in [4.69, 9.17) is 4.74 Å². The molecule has 4 nitrogen and oxygen atoms in total. The zero-order valence-corrected chi connectivity index (χ0v) is 11.7. The smallest absolute Gasteiger partial charge is 0.416 e. The molecule has 116 valence electrons. The maximum atomic E-state index is 12.9. The number of pyridine rings is 1. The molecule has 0 bridgehead atoms. The summed E-state index contributed by atoms with van der Waals surface area (Å²) in [4.78, 5) is 15.2. The third-order valence-electron chi connectivity index (χ3n) is 3.09. The van der Waals surface area contributed by atoms with E-state index >= 15 is 0 Å². The van der Waals surface area contributed by atoms with Crippen molar-refractivity contribution >= 4 is 5.97 Å². The number of rotatable bonds is 3. The van der Waals surface area contributed by atoms with Gasteiger partial charge in [-0.15, -0.1) is 0 Å². The first-order valence-corrected chi connectivity index (χ1v) is 6.19. The lowest BCUT2D eigenvalue weighted by Crippen LogP contribution is -2.07. The Morgan fingerprint density at radius 3 is 2.45 bits per heavy atom. The highest BCUT2D eigenvalue weighted by molar-refractivity contribution is 5.96. The summed E-state index contributed by atoms with van der Waals surface area (Å²) in [6, 6.07) is 4.35. The summed E-state index contributed by atoms with van der Waals surface area (Å²) in [6.45, 7) is 1.62. The molecule has 0 fully saturated rings. The Morgan fingerprint density at radius 1 is 1.23 bits per heavy atom. The minimum Gasteiger partial charge on any atom is -0.496 e. The van der Waals surface area contributed by atoms with Gasteiger partial charge in [0.25, 0.3) is 0 Å². The molecule has 1 aromatic heterocycles. The number of methoxy groups -OCH3 is 1. The number of alkyl halides is 3. The number of nitrogens with zero attached hydrogens (tertiary/aromatic N) is 1. The van der Waals surface area contributed by atoms with Gasteiger partial charge in [0.15, 0.2) is 0 Å². The fraction of sp³-hybridized carbons (Fsp3) is 0.200. The first-order valence-electron chi connectivity index (χ1n) is 6.19. The lowest BCUT2D eigenvalue weighted by Gasteiger charge is -2.14. The second kappa shape index (κ2) is 5.67. The Hall–Kier alpha value is -2.57. The number of aromatic nitrogens is 1. The molecular formula is C15H12F3NO3. The Balaban J connectivity index is 2.75. The summed E-state index contributed by atoms with van der Waals surface area (Å²) in [5.41, 5.74) is -0.403. The molecule has 1 aromatic carbocycles. The Labute approximate surface area is 124 Å². The van der Waals surface area contributed by atoms with Crippen molar-refractivity contribution in [2.45, 2.75) is 13.1 Å². The minimum atomic E-state index is -4.54. The SMILES string of the molecule is COc1ccc(C(F)(F)F)cc1-c1cc(C)ncc1C(=O)O. The van der Waals surface area contributed by atoms with Crippen molar-refractivity contribution in [3.8, 4) is 16.9 Å². The number of carbonyl (C=O) groups is 1. The van der Waals surface area contributed by atoms with E-state index in [0.717, 1.165) is 18.3 Å². The van der Waals surface area contributed by atoms with E-state index < -0.39 is 17.7 Å². The van der Waals surface area contributed by atoms with Crippen molar-refractivity contribution in [2.75, 3.05) is 7.11 Å². The van der Waals surface area contributed by atoms with Gasteiger partial charge in [-0.2, -0.15) is 13.2 Å². The lowest BCUT2D eigenvalue weighted by atomic mass is 9.97. The average Bonchev–Trinajstić information content (AvgIpc) is 2.45. The van der Waals surface area contributed by atoms with Crippen LogP contribution in [0.5, 0.6) is 5.75 Å². The summed E-state index contributed by atoms with van der Waals surface area (Å²) in [5, 5.41) is 9.21. The first-order chi connectivity index (χ1) is 10.2. The van der Waals surface area contributed by atoms with Crippen LogP contribution in [0.15, 0.2) is 30.5 Å². The van der Waals surface area contributed by atoms with Gasteiger partial charge in [-0.1, -0.05) is 0 Å². The van der Waals surface area contributed by atoms with Crippen LogP contribution >= 0.6 is 0 Å². The molecule has 0 aliphatic carbocycles. The van der Waals surface area contributed by atoms with E-state index in [1.54, 1.807) is 6.92 Å². The zero-order chi connectivity index (χ0) is 16.5. The van der Waals surface area contributed by atoms with Gasteiger partial charge in [0.1, 0.15) is 5.75 Å². The number of carboxylic acid groups (broad SMARTS) is 1. The molecule has 22 heavy (non-hydrogen) atoms. The normalized spacial score (nSPS) is 11.3. The number of halogens is 3. The molecule has 0 saturated heterocycles. The zero-order valence-electron chi connectivity index (χ0n) is 11.7. The fourth-order valence-electron chi connectivity index (χ4n) is 2.05. The minimum absolute atomic E-state index is 0.0558. The molecule has 2 aromatic rings. The van der Waals surface area contributed by atoms with Crippen molar-refractivity contribution in [3.63, 3.8) is 0 Å². The maximum absolute atomic E-state index is 12.9. The van der Waals surface area contributed by atoms with Crippen molar-refractivity contribution in [3.05, 3.63) is 47.3 Å². The molecular weight excluding hydrogens is 299 g/mol. The maximum Gasteiger partial charge on any atom is 0.416 e. The standard InChI is InChI=1S/C15H12F3NO3/c1-8-5-10(12(7-19-8)14(20)21)11-6-9(15(16,17)18)3-4-13(11)22-2/h3-7H,1-2H3,(H,20,21). The van der Waals surface area contributed by atoms with E-state index in [1.807, 2.05) is 0 Å². The van der Waals surface area contributed by atoms with E-state index in [1.165, 1.54) is 19.2 Å². The van der Waals surface area contributed by atoms with Crippen LogP contribution in [0.4, 0.5) is 13.2 Å². The molecule has 0 aliphatic rings. The fourth-order valence-corrected chi connectivity index (χ4v) is 2.05. The molecule has 0 aliphatic heterocycles. The monoisotopic (exact) mass is 311 g/mol. The number of hydrogen-bond acceptors (Lipinski definition) is 3. The van der Waals surface area contributed by atoms with Crippen molar-refractivity contribution in [1.82, 2.24) is 4.98 Å². The highest BCUT2D eigenvalue weighted by atomic mass is 19.4. The predicted octanol–water partition coefficient (Wildman–Crippen LogP) is 3.78. The summed E-state index contributed by atoms with van der Waals surface area (Å²) in [6.07, 6.45) is -3.42. The van der Waals surface area contributed by atoms with E-state index in [9.17, 15) is 23.1 Å². The number of benzene rings is 1. The molecule has 0 radical (unpaired) electrons. The predicted molar refractivity (Wildman–Crippen MR) is 72.9 cm³/mol. The quantitative estimate of drug-likeness (QED) is 0.937. The highest BCUT2D eigenvalue weighted by Crippen LogP contribution is 2.38. The van der Waals surface area contributed by atoms with Gasteiger partial charge in [-0.25, -0.2) is 4.79 Å². The molecule has 1 heterocycles. The number of carboxylic acids is 1.